The van der Waals surface area contributed by atoms with Gasteiger partial charge in [0.15, 0.2) is 0 Å². The van der Waals surface area contributed by atoms with Crippen molar-refractivity contribution in [2.24, 2.45) is 0 Å². The molecule has 0 radical (unpaired) electrons. The van der Waals surface area contributed by atoms with Gasteiger partial charge in [-0.05, 0) is 36.2 Å². The zero-order chi connectivity index (χ0) is 11.5. The van der Waals surface area contributed by atoms with Crippen molar-refractivity contribution in [1.29, 1.82) is 0 Å². The predicted octanol–water partition coefficient (Wildman–Crippen LogP) is 3.67. The van der Waals surface area contributed by atoms with E-state index in [1.165, 1.54) is 5.56 Å². The molecule has 5 heteroatoms. The highest BCUT2D eigenvalue weighted by atomic mass is 35.5. The molecule has 0 fully saturated rings. The average Bonchev–Trinajstić information content (AvgIpc) is 2.68. The fraction of sp³-hybridized carbons (Fsp3) is 0.273. The Bertz CT molecular complexity index is 450. The number of halogens is 1. The third kappa shape index (κ3) is 2.71. The maximum absolute atomic E-state index is 5.87. The molecule has 2 aromatic heterocycles. The van der Waals surface area contributed by atoms with Gasteiger partial charge in [-0.25, -0.2) is 9.97 Å². The first-order valence-corrected chi connectivity index (χ1v) is 6.27. The number of rotatable bonds is 3. The maximum atomic E-state index is 5.87. The van der Waals surface area contributed by atoms with Crippen LogP contribution in [0.4, 0.5) is 5.82 Å². The molecule has 1 atom stereocenters. The summed E-state index contributed by atoms with van der Waals surface area (Å²) in [6.45, 7) is 3.92. The SMILES string of the molecule is Cc1nc(Cl)cc(NC(C)c2ccsc2)n1. The van der Waals surface area contributed by atoms with E-state index in [9.17, 15) is 0 Å². The Morgan fingerprint density at radius 1 is 1.44 bits per heavy atom. The fourth-order valence-electron chi connectivity index (χ4n) is 1.43. The number of aromatic nitrogens is 2. The van der Waals surface area contributed by atoms with E-state index < -0.39 is 0 Å². The van der Waals surface area contributed by atoms with Gasteiger partial charge >= 0.3 is 0 Å². The molecule has 84 valence electrons. The fourth-order valence-corrected chi connectivity index (χ4v) is 2.41. The third-order valence-electron chi connectivity index (χ3n) is 2.21. The molecule has 1 unspecified atom stereocenters. The van der Waals surface area contributed by atoms with Crippen LogP contribution in [-0.2, 0) is 0 Å². The summed E-state index contributed by atoms with van der Waals surface area (Å²) in [6, 6.07) is 4.05. The smallest absolute Gasteiger partial charge is 0.134 e. The molecule has 3 nitrogen and oxygen atoms in total. The van der Waals surface area contributed by atoms with E-state index in [0.717, 1.165) is 5.82 Å². The molecule has 1 N–H and O–H groups in total. The van der Waals surface area contributed by atoms with Crippen LogP contribution in [-0.4, -0.2) is 9.97 Å². The maximum Gasteiger partial charge on any atom is 0.134 e. The van der Waals surface area contributed by atoms with Crippen molar-refractivity contribution in [3.05, 3.63) is 39.4 Å². The number of hydrogen-bond donors (Lipinski definition) is 1. The number of hydrogen-bond acceptors (Lipinski definition) is 4. The molecule has 0 saturated heterocycles. The first kappa shape index (κ1) is 11.4. The molecule has 2 aromatic rings. The number of nitrogens with one attached hydrogen (secondary N) is 1. The molecule has 0 aliphatic heterocycles. The summed E-state index contributed by atoms with van der Waals surface area (Å²) in [5.74, 6) is 1.43. The molecule has 2 heterocycles. The van der Waals surface area contributed by atoms with Crippen molar-refractivity contribution in [1.82, 2.24) is 9.97 Å². The van der Waals surface area contributed by atoms with Crippen molar-refractivity contribution < 1.29 is 0 Å². The zero-order valence-corrected chi connectivity index (χ0v) is 10.6. The van der Waals surface area contributed by atoms with Gasteiger partial charge in [0.05, 0.1) is 6.04 Å². The molecule has 0 amide bonds. The Morgan fingerprint density at radius 2 is 2.25 bits per heavy atom. The van der Waals surface area contributed by atoms with Crippen LogP contribution in [0.25, 0.3) is 0 Å². The minimum absolute atomic E-state index is 0.219. The van der Waals surface area contributed by atoms with Crippen molar-refractivity contribution >= 4 is 28.8 Å². The van der Waals surface area contributed by atoms with E-state index in [1.807, 2.05) is 6.92 Å². The lowest BCUT2D eigenvalue weighted by Gasteiger charge is -2.13. The monoisotopic (exact) mass is 253 g/mol. The number of aryl methyl sites for hydroxylation is 1. The summed E-state index contributed by atoms with van der Waals surface area (Å²) in [7, 11) is 0. The van der Waals surface area contributed by atoms with Crippen LogP contribution in [0.3, 0.4) is 0 Å². The van der Waals surface area contributed by atoms with Gasteiger partial charge < -0.3 is 5.32 Å². The second-order valence-corrected chi connectivity index (χ2v) is 4.71. The average molecular weight is 254 g/mol. The topological polar surface area (TPSA) is 37.8 Å². The van der Waals surface area contributed by atoms with E-state index in [4.69, 9.17) is 11.6 Å². The van der Waals surface area contributed by atoms with E-state index in [1.54, 1.807) is 17.4 Å². The quantitative estimate of drug-likeness (QED) is 0.848. The Balaban J connectivity index is 2.15. The van der Waals surface area contributed by atoms with Gasteiger partial charge in [-0.3, -0.25) is 0 Å². The molecule has 0 spiro atoms. The van der Waals surface area contributed by atoms with E-state index in [0.29, 0.717) is 11.0 Å². The minimum atomic E-state index is 0.219. The molecule has 2 rings (SSSR count). The summed E-state index contributed by atoms with van der Waals surface area (Å²) in [5, 5.41) is 7.94. The highest BCUT2D eigenvalue weighted by Crippen LogP contribution is 2.21. The predicted molar refractivity (Wildman–Crippen MR) is 68.1 cm³/mol. The van der Waals surface area contributed by atoms with Gasteiger partial charge in [-0.2, -0.15) is 11.3 Å². The van der Waals surface area contributed by atoms with Crippen LogP contribution < -0.4 is 5.32 Å². The van der Waals surface area contributed by atoms with Crippen LogP contribution in [0, 0.1) is 6.92 Å². The van der Waals surface area contributed by atoms with E-state index >= 15 is 0 Å². The lowest BCUT2D eigenvalue weighted by Crippen LogP contribution is -2.07. The highest BCUT2D eigenvalue weighted by molar-refractivity contribution is 7.07. The third-order valence-corrected chi connectivity index (χ3v) is 3.11. The van der Waals surface area contributed by atoms with Crippen LogP contribution in [0.2, 0.25) is 5.15 Å². The summed E-state index contributed by atoms with van der Waals surface area (Å²) >= 11 is 7.56. The van der Waals surface area contributed by atoms with E-state index in [-0.39, 0.29) is 6.04 Å². The Labute approximate surface area is 104 Å². The Hall–Kier alpha value is -1.13. The van der Waals surface area contributed by atoms with Gasteiger partial charge in [0.2, 0.25) is 0 Å². The van der Waals surface area contributed by atoms with Crippen LogP contribution in [0.1, 0.15) is 24.4 Å². The zero-order valence-electron chi connectivity index (χ0n) is 9.07. The lowest BCUT2D eigenvalue weighted by molar-refractivity contribution is 0.872. The van der Waals surface area contributed by atoms with Crippen LogP contribution >= 0.6 is 22.9 Å². The Kier molecular flexibility index (Phi) is 3.41. The van der Waals surface area contributed by atoms with Gasteiger partial charge in [0.1, 0.15) is 16.8 Å². The number of thiophene rings is 1. The molecule has 16 heavy (non-hydrogen) atoms. The van der Waals surface area contributed by atoms with Crippen LogP contribution in [0.15, 0.2) is 22.9 Å². The van der Waals surface area contributed by atoms with E-state index in [2.05, 4.69) is 39.0 Å². The van der Waals surface area contributed by atoms with Crippen molar-refractivity contribution in [3.63, 3.8) is 0 Å². The lowest BCUT2D eigenvalue weighted by atomic mass is 10.2. The molecule has 0 saturated carbocycles. The Morgan fingerprint density at radius 3 is 2.88 bits per heavy atom. The number of anilines is 1. The molecule has 0 aliphatic rings. The van der Waals surface area contributed by atoms with Gasteiger partial charge in [-0.1, -0.05) is 11.6 Å². The van der Waals surface area contributed by atoms with Crippen molar-refractivity contribution in [2.75, 3.05) is 5.32 Å². The molecular weight excluding hydrogens is 242 g/mol. The second-order valence-electron chi connectivity index (χ2n) is 3.55. The van der Waals surface area contributed by atoms with Gasteiger partial charge in [0.25, 0.3) is 0 Å². The molecule has 0 aromatic carbocycles. The van der Waals surface area contributed by atoms with Crippen molar-refractivity contribution in [2.45, 2.75) is 19.9 Å². The van der Waals surface area contributed by atoms with Crippen LogP contribution in [0.5, 0.6) is 0 Å². The normalized spacial score (nSPS) is 12.4. The molecule has 0 bridgehead atoms. The minimum Gasteiger partial charge on any atom is -0.363 e. The molecular formula is C11H12ClN3S. The molecule has 0 aliphatic carbocycles. The largest absolute Gasteiger partial charge is 0.363 e. The second kappa shape index (κ2) is 4.80. The first-order chi connectivity index (χ1) is 7.65. The van der Waals surface area contributed by atoms with Gasteiger partial charge in [0, 0.05) is 6.07 Å². The number of nitrogens with zero attached hydrogens (tertiary/aromatic N) is 2. The highest BCUT2D eigenvalue weighted by Gasteiger charge is 2.07. The van der Waals surface area contributed by atoms with Gasteiger partial charge in [-0.15, -0.1) is 0 Å². The summed E-state index contributed by atoms with van der Waals surface area (Å²) < 4.78 is 0. The standard InChI is InChI=1S/C11H12ClN3S/c1-7(9-3-4-16-6-9)13-11-5-10(12)14-8(2)15-11/h3-7H,1-2H3,(H,13,14,15). The summed E-state index contributed by atoms with van der Waals surface area (Å²) in [4.78, 5) is 8.30. The first-order valence-electron chi connectivity index (χ1n) is 4.95. The van der Waals surface area contributed by atoms with Crippen molar-refractivity contribution in [3.8, 4) is 0 Å². The summed E-state index contributed by atoms with van der Waals surface area (Å²) in [5.41, 5.74) is 1.25. The summed E-state index contributed by atoms with van der Waals surface area (Å²) in [6.07, 6.45) is 0.